The Morgan fingerprint density at radius 3 is 0.886 bits per heavy atom. The summed E-state index contributed by atoms with van der Waals surface area (Å²) in [5, 5.41) is 0. The summed E-state index contributed by atoms with van der Waals surface area (Å²) >= 11 is 0. The molecule has 16 heteroatoms. The quantitative estimate of drug-likeness (QED) is 0.0240. The van der Waals surface area contributed by atoms with E-state index < -0.39 is 0 Å². The van der Waals surface area contributed by atoms with E-state index in [0.29, 0.717) is 265 Å². The van der Waals surface area contributed by atoms with E-state index in [1.165, 1.54) is 173 Å². The normalized spacial score (nSPS) is 38.6. The molecular formula is C107H166O16. The van der Waals surface area contributed by atoms with Crippen molar-refractivity contribution in [1.82, 2.24) is 0 Å². The summed E-state index contributed by atoms with van der Waals surface area (Å²) < 4.78 is 47.5. The van der Waals surface area contributed by atoms with E-state index in [0.717, 1.165) is 126 Å². The summed E-state index contributed by atoms with van der Waals surface area (Å²) in [5.41, 5.74) is 0.452. The second-order valence-corrected chi connectivity index (χ2v) is 44.9. The van der Waals surface area contributed by atoms with Crippen LogP contribution in [0.2, 0.25) is 0 Å². The number of carbonyl (C=O) groups excluding carboxylic acids is 8. The molecule has 0 radical (unpaired) electrons. The van der Waals surface area contributed by atoms with E-state index in [4.69, 9.17) is 37.9 Å². The molecule has 0 aromatic heterocycles. The predicted octanol–water partition coefficient (Wildman–Crippen LogP) is 23.3. The molecule has 28 atom stereocenters. The molecule has 690 valence electrons. The van der Waals surface area contributed by atoms with Crippen molar-refractivity contribution < 1.29 is 76.3 Å². The minimum Gasteiger partial charge on any atom is -0.465 e. The van der Waals surface area contributed by atoms with Gasteiger partial charge >= 0.3 is 47.8 Å². The molecule has 0 heterocycles. The number of hydrogen-bond acceptors (Lipinski definition) is 16. The number of ether oxygens (including phenoxy) is 8. The van der Waals surface area contributed by atoms with Crippen LogP contribution < -0.4 is 0 Å². The summed E-state index contributed by atoms with van der Waals surface area (Å²) in [6.45, 7) is 17.7. The van der Waals surface area contributed by atoms with Gasteiger partial charge in [0.25, 0.3) is 0 Å². The first kappa shape index (κ1) is 92.9. The van der Waals surface area contributed by atoms with Crippen LogP contribution in [0.15, 0.2) is 24.8 Å². The van der Waals surface area contributed by atoms with Crippen molar-refractivity contribution >= 4 is 47.8 Å². The Morgan fingerprint density at radius 2 is 0.553 bits per heavy atom. The highest BCUT2D eigenvalue weighted by Gasteiger charge is 2.61. The molecule has 0 N–H and O–H groups in total. The van der Waals surface area contributed by atoms with E-state index in [-0.39, 0.29) is 71.4 Å². The standard InChI is InChI=1S/C107H166O16/c1-6-9-11-13-16-22-28-73-34-33-72(27-21-12-10-7-2)86(29-23-17-14-19-25-31-101(109)117-63-82-51-78-55-92(82)97-49-70(45-90(78)97)61-120-104(112)74-35-39-76(40-36-74)106(114)122-65-84-53-80-57-94(84)96-47-68(43-88(80)96)59-116-100(108)8-3)87(73)30-24-18-15-20-26-32-102(110)118-64-83-52-79-56-93(83)98-50-71(46-91(79)98)62-121-105(113)75-37-41-77(42-38-75)107(115)123-66-85-54-81-58-95(85)99-48-69(44-89(81)99)60-119-103(111)67(4)5/h8,68-99H,3-4,6-7,9-66H2,1-2,5H3/t68?,69?,70?,71?,72?,73?,74?,75?,76?,77?,78?,79?,80?,81?,82?,83?,84?,85?,86?,87?,88-,89+,90-,91+,92?,93?,94?,95?,96-,97-,98+,99+/m1/s1. The molecule has 0 aromatic carbocycles. The van der Waals surface area contributed by atoms with Gasteiger partial charge in [-0.2, -0.15) is 0 Å². The van der Waals surface area contributed by atoms with Gasteiger partial charge in [0.2, 0.25) is 0 Å². The number of unbranched alkanes of at least 4 members (excludes halogenated alkanes) is 16. The lowest BCUT2D eigenvalue weighted by molar-refractivity contribution is -0.157. The van der Waals surface area contributed by atoms with Crippen LogP contribution >= 0.6 is 0 Å². The molecule has 15 aliphatic rings. The van der Waals surface area contributed by atoms with Crippen molar-refractivity contribution in [2.45, 2.75) is 355 Å². The third kappa shape index (κ3) is 23.7. The van der Waals surface area contributed by atoms with Gasteiger partial charge in [-0.05, 0) is 365 Å². The van der Waals surface area contributed by atoms with Crippen molar-refractivity contribution in [1.29, 1.82) is 0 Å². The zero-order valence-corrected chi connectivity index (χ0v) is 76.9. The zero-order chi connectivity index (χ0) is 85.5. The summed E-state index contributed by atoms with van der Waals surface area (Å²) in [5.74, 6) is 15.9. The average molecular weight is 1710 g/mol. The van der Waals surface area contributed by atoms with Gasteiger partial charge in [-0.15, -0.1) is 0 Å². The molecule has 15 rings (SSSR count). The van der Waals surface area contributed by atoms with E-state index in [1.807, 2.05) is 0 Å². The molecule has 16 nitrogen and oxygen atoms in total. The monoisotopic (exact) mass is 1710 g/mol. The van der Waals surface area contributed by atoms with Gasteiger partial charge in [0, 0.05) is 24.5 Å². The van der Waals surface area contributed by atoms with Gasteiger partial charge in [0.15, 0.2) is 0 Å². The number of esters is 8. The molecule has 20 unspecified atom stereocenters. The fourth-order valence-corrected chi connectivity index (χ4v) is 31.7. The van der Waals surface area contributed by atoms with E-state index in [9.17, 15) is 38.4 Å². The number of fused-ring (bicyclic) bond motifs is 20. The lowest BCUT2D eigenvalue weighted by atomic mass is 9.61. The number of carbonyl (C=O) groups is 8. The van der Waals surface area contributed by atoms with Crippen LogP contribution in [-0.2, 0) is 76.3 Å². The molecule has 15 saturated carbocycles. The average Bonchev–Trinajstić information content (AvgIpc) is 1.61. The topological polar surface area (TPSA) is 210 Å². The van der Waals surface area contributed by atoms with Gasteiger partial charge in [-0.1, -0.05) is 155 Å². The molecule has 15 fully saturated rings. The van der Waals surface area contributed by atoms with Gasteiger partial charge in [0.1, 0.15) is 0 Å². The lowest BCUT2D eigenvalue weighted by Crippen LogP contribution is -2.35. The smallest absolute Gasteiger partial charge is 0.333 e. The zero-order valence-electron chi connectivity index (χ0n) is 76.9. The maximum atomic E-state index is 13.5. The SMILES string of the molecule is C=CC(=O)OCC1C[C@@H]2C3CC(COC(=O)C4CCC(C(=O)OCC5C[C@@H]6C7CC(COC(=O)CCCCCCCC8C(CCCCCC)CCC(CCCCCCCC)C8CCCCCCCC(=O)OCC8CC9CC8[C@H]8CC(COC(=O)C%10CCC(C(=O)OCC%11CC%12CC%11[C@H]%11CC(COC(=O)C(=C)C)C[C@@H]%12%11)CC%10)C[C@@H]98)C(C7)[C@@H]6C5)CC4)C(C3)[C@@H]2C1. The largest absolute Gasteiger partial charge is 0.465 e. The van der Waals surface area contributed by atoms with E-state index in [2.05, 4.69) is 27.0 Å². The molecule has 0 spiro atoms. The Kier molecular flexibility index (Phi) is 34.1. The van der Waals surface area contributed by atoms with Crippen molar-refractivity contribution in [3.63, 3.8) is 0 Å². The van der Waals surface area contributed by atoms with Gasteiger partial charge in [-0.25, -0.2) is 9.59 Å². The minimum absolute atomic E-state index is 0.0121. The van der Waals surface area contributed by atoms with Crippen LogP contribution in [0.25, 0.3) is 0 Å². The van der Waals surface area contributed by atoms with Crippen molar-refractivity contribution in [2.75, 3.05) is 52.9 Å². The Labute approximate surface area is 741 Å². The summed E-state index contributed by atoms with van der Waals surface area (Å²) in [7, 11) is 0. The molecule has 0 amide bonds. The number of rotatable bonds is 50. The lowest BCUT2D eigenvalue weighted by Gasteiger charge is -2.44. The second-order valence-electron chi connectivity index (χ2n) is 44.9. The Bertz CT molecular complexity index is 3460. The summed E-state index contributed by atoms with van der Waals surface area (Å²) in [6.07, 6.45) is 59.9. The molecule has 123 heavy (non-hydrogen) atoms. The minimum atomic E-state index is -0.339. The Balaban J connectivity index is 0.414. The first-order valence-electron chi connectivity index (χ1n) is 52.5. The van der Waals surface area contributed by atoms with Crippen LogP contribution in [0.5, 0.6) is 0 Å². The molecule has 0 aromatic rings. The summed E-state index contributed by atoms with van der Waals surface area (Å²) in [6, 6.07) is 0. The Hall–Kier alpha value is -4.76. The van der Waals surface area contributed by atoms with E-state index in [1.54, 1.807) is 6.92 Å². The third-order valence-electron chi connectivity index (χ3n) is 37.6. The maximum absolute atomic E-state index is 13.5. The first-order valence-corrected chi connectivity index (χ1v) is 52.5. The van der Waals surface area contributed by atoms with Crippen LogP contribution in [-0.4, -0.2) is 101 Å². The van der Waals surface area contributed by atoms with Gasteiger partial charge in [0.05, 0.1) is 76.5 Å². The van der Waals surface area contributed by atoms with Gasteiger partial charge in [-0.3, -0.25) is 28.8 Å². The fraction of sp³-hybridized carbons (Fsp3) is 0.888. The highest BCUT2D eigenvalue weighted by atomic mass is 16.6. The Morgan fingerprint density at radius 1 is 0.276 bits per heavy atom. The van der Waals surface area contributed by atoms with Crippen LogP contribution in [0.1, 0.15) is 355 Å². The highest BCUT2D eigenvalue weighted by Crippen LogP contribution is 2.66. The summed E-state index contributed by atoms with van der Waals surface area (Å²) in [4.78, 5) is 104. The predicted molar refractivity (Wildman–Crippen MR) is 476 cm³/mol. The highest BCUT2D eigenvalue weighted by molar-refractivity contribution is 5.87. The molecule has 0 aliphatic heterocycles. The fourth-order valence-electron chi connectivity index (χ4n) is 31.7. The van der Waals surface area contributed by atoms with Crippen LogP contribution in [0.4, 0.5) is 0 Å². The first-order chi connectivity index (χ1) is 59.9. The van der Waals surface area contributed by atoms with Crippen molar-refractivity contribution in [3.8, 4) is 0 Å². The number of hydrogen-bond donors (Lipinski definition) is 0. The molecular weight excluding hydrogens is 1540 g/mol. The molecule has 15 aliphatic carbocycles. The van der Waals surface area contributed by atoms with Crippen molar-refractivity contribution in [2.24, 2.45) is 189 Å². The second kappa shape index (κ2) is 45.2. The molecule has 0 saturated heterocycles. The molecule has 8 bridgehead atoms. The van der Waals surface area contributed by atoms with Crippen LogP contribution in [0, 0.1) is 189 Å². The maximum Gasteiger partial charge on any atom is 0.333 e. The van der Waals surface area contributed by atoms with E-state index >= 15 is 0 Å². The van der Waals surface area contributed by atoms with Gasteiger partial charge < -0.3 is 37.9 Å². The van der Waals surface area contributed by atoms with Crippen molar-refractivity contribution in [3.05, 3.63) is 24.8 Å². The van der Waals surface area contributed by atoms with Crippen LogP contribution in [0.3, 0.4) is 0 Å². The third-order valence-corrected chi connectivity index (χ3v) is 37.6.